The van der Waals surface area contributed by atoms with E-state index in [9.17, 15) is 0 Å². The number of nitrogens with one attached hydrogen (secondary N) is 1. The van der Waals surface area contributed by atoms with Crippen LogP contribution in [-0.2, 0) is 4.74 Å². The van der Waals surface area contributed by atoms with Crippen LogP contribution in [0.1, 0.15) is 26.2 Å². The molecule has 3 heteroatoms. The average molecular weight is 226 g/mol. The zero-order chi connectivity index (χ0) is 11.2. The highest BCUT2D eigenvalue weighted by molar-refractivity contribution is 4.79. The van der Waals surface area contributed by atoms with Gasteiger partial charge in [-0.05, 0) is 57.7 Å². The molecular weight excluding hydrogens is 200 g/mol. The Morgan fingerprint density at radius 3 is 2.75 bits per heavy atom. The predicted octanol–water partition coefficient (Wildman–Crippen LogP) is 1.34. The van der Waals surface area contributed by atoms with Crippen molar-refractivity contribution in [2.45, 2.75) is 26.2 Å². The Labute approximate surface area is 99.5 Å². The van der Waals surface area contributed by atoms with Crippen molar-refractivity contribution >= 4 is 0 Å². The number of hydrogen-bond acceptors (Lipinski definition) is 3. The van der Waals surface area contributed by atoms with Crippen LogP contribution in [0.2, 0.25) is 0 Å². The van der Waals surface area contributed by atoms with Gasteiger partial charge < -0.3 is 15.0 Å². The van der Waals surface area contributed by atoms with Crippen LogP contribution in [0.15, 0.2) is 0 Å². The summed E-state index contributed by atoms with van der Waals surface area (Å²) >= 11 is 0. The number of rotatable bonds is 5. The van der Waals surface area contributed by atoms with Gasteiger partial charge in [-0.15, -0.1) is 0 Å². The number of ether oxygens (including phenoxy) is 1. The lowest BCUT2D eigenvalue weighted by Gasteiger charge is -2.27. The summed E-state index contributed by atoms with van der Waals surface area (Å²) in [6.07, 6.45) is 4.07. The fourth-order valence-corrected chi connectivity index (χ4v) is 2.93. The fraction of sp³-hybridized carbons (Fsp3) is 1.00. The van der Waals surface area contributed by atoms with Crippen molar-refractivity contribution in [3.8, 4) is 0 Å². The molecule has 94 valence electrons. The maximum absolute atomic E-state index is 5.52. The van der Waals surface area contributed by atoms with Crippen LogP contribution < -0.4 is 5.32 Å². The first-order valence-electron chi connectivity index (χ1n) is 6.89. The van der Waals surface area contributed by atoms with Crippen molar-refractivity contribution in [3.05, 3.63) is 0 Å². The summed E-state index contributed by atoms with van der Waals surface area (Å²) in [4.78, 5) is 2.65. The first-order chi connectivity index (χ1) is 7.88. The molecule has 3 nitrogen and oxygen atoms in total. The van der Waals surface area contributed by atoms with Gasteiger partial charge in [0.1, 0.15) is 0 Å². The van der Waals surface area contributed by atoms with Gasteiger partial charge in [0, 0.05) is 19.7 Å². The molecule has 2 rings (SSSR count). The predicted molar refractivity (Wildman–Crippen MR) is 66.6 cm³/mol. The highest BCUT2D eigenvalue weighted by Gasteiger charge is 2.25. The molecule has 1 unspecified atom stereocenters. The summed E-state index contributed by atoms with van der Waals surface area (Å²) in [6, 6.07) is 0. The molecular formula is C13H26N2O. The van der Waals surface area contributed by atoms with Crippen LogP contribution in [0.25, 0.3) is 0 Å². The van der Waals surface area contributed by atoms with Crippen LogP contribution in [-0.4, -0.2) is 50.8 Å². The van der Waals surface area contributed by atoms with E-state index in [-0.39, 0.29) is 0 Å². The molecule has 0 aromatic carbocycles. The van der Waals surface area contributed by atoms with E-state index in [1.807, 2.05) is 0 Å². The van der Waals surface area contributed by atoms with E-state index in [4.69, 9.17) is 4.74 Å². The van der Waals surface area contributed by atoms with Crippen LogP contribution in [0.5, 0.6) is 0 Å². The summed E-state index contributed by atoms with van der Waals surface area (Å²) in [6.45, 7) is 10.3. The maximum Gasteiger partial charge on any atom is 0.0506 e. The summed E-state index contributed by atoms with van der Waals surface area (Å²) in [5.41, 5.74) is 0. The van der Waals surface area contributed by atoms with Crippen molar-refractivity contribution in [2.75, 3.05) is 45.9 Å². The Morgan fingerprint density at radius 2 is 2.00 bits per heavy atom. The molecule has 0 aromatic heterocycles. The Bertz CT molecular complexity index is 192. The second-order valence-electron chi connectivity index (χ2n) is 5.27. The Hall–Kier alpha value is -0.120. The van der Waals surface area contributed by atoms with Crippen LogP contribution >= 0.6 is 0 Å². The summed E-state index contributed by atoms with van der Waals surface area (Å²) in [7, 11) is 0. The number of piperidine rings is 1. The first-order valence-corrected chi connectivity index (χ1v) is 6.89. The highest BCUT2D eigenvalue weighted by Crippen LogP contribution is 2.20. The number of nitrogens with zero attached hydrogens (tertiary/aromatic N) is 1. The van der Waals surface area contributed by atoms with Crippen molar-refractivity contribution < 1.29 is 4.74 Å². The molecule has 0 bridgehead atoms. The van der Waals surface area contributed by atoms with E-state index in [0.29, 0.717) is 0 Å². The lowest BCUT2D eigenvalue weighted by Crippen LogP contribution is -2.35. The van der Waals surface area contributed by atoms with E-state index < -0.39 is 0 Å². The zero-order valence-corrected chi connectivity index (χ0v) is 10.6. The van der Waals surface area contributed by atoms with Gasteiger partial charge in [-0.3, -0.25) is 0 Å². The van der Waals surface area contributed by atoms with Crippen molar-refractivity contribution in [3.63, 3.8) is 0 Å². The molecule has 16 heavy (non-hydrogen) atoms. The Kier molecular flexibility index (Phi) is 5.07. The van der Waals surface area contributed by atoms with Crippen LogP contribution in [0.3, 0.4) is 0 Å². The Morgan fingerprint density at radius 1 is 1.19 bits per heavy atom. The SMILES string of the molecule is CCOCC1CCN(CC2CCNCC2)C1. The lowest BCUT2D eigenvalue weighted by atomic mass is 9.98. The largest absolute Gasteiger partial charge is 0.381 e. The topological polar surface area (TPSA) is 24.5 Å². The van der Waals surface area contributed by atoms with Gasteiger partial charge in [-0.1, -0.05) is 0 Å². The van der Waals surface area contributed by atoms with Gasteiger partial charge in [-0.25, -0.2) is 0 Å². The molecule has 0 aliphatic carbocycles. The second-order valence-corrected chi connectivity index (χ2v) is 5.27. The summed E-state index contributed by atoms with van der Waals surface area (Å²) in [5, 5.41) is 3.44. The molecule has 2 saturated heterocycles. The molecule has 0 spiro atoms. The van der Waals surface area contributed by atoms with Crippen molar-refractivity contribution in [2.24, 2.45) is 11.8 Å². The molecule has 2 fully saturated rings. The lowest BCUT2D eigenvalue weighted by molar-refractivity contribution is 0.110. The van der Waals surface area contributed by atoms with Gasteiger partial charge in [0.05, 0.1) is 6.61 Å². The maximum atomic E-state index is 5.52. The third-order valence-electron chi connectivity index (χ3n) is 3.90. The quantitative estimate of drug-likeness (QED) is 0.766. The van der Waals surface area contributed by atoms with E-state index in [0.717, 1.165) is 25.0 Å². The molecule has 2 heterocycles. The fourth-order valence-electron chi connectivity index (χ4n) is 2.93. The summed E-state index contributed by atoms with van der Waals surface area (Å²) < 4.78 is 5.52. The molecule has 1 N–H and O–H groups in total. The molecule has 0 radical (unpaired) electrons. The zero-order valence-electron chi connectivity index (χ0n) is 10.6. The minimum absolute atomic E-state index is 0.793. The molecule has 2 aliphatic heterocycles. The third kappa shape index (κ3) is 3.72. The van der Waals surface area contributed by atoms with Gasteiger partial charge in [0.2, 0.25) is 0 Å². The standard InChI is InChI=1S/C13H26N2O/c1-2-16-11-13-5-8-15(10-13)9-12-3-6-14-7-4-12/h12-14H,2-11H2,1H3. The van der Waals surface area contributed by atoms with Gasteiger partial charge in [-0.2, -0.15) is 0 Å². The normalized spacial score (nSPS) is 28.7. The smallest absolute Gasteiger partial charge is 0.0506 e. The molecule has 0 amide bonds. The highest BCUT2D eigenvalue weighted by atomic mass is 16.5. The molecule has 1 atom stereocenters. The molecule has 0 aromatic rings. The van der Waals surface area contributed by atoms with Gasteiger partial charge in [0.15, 0.2) is 0 Å². The summed E-state index contributed by atoms with van der Waals surface area (Å²) in [5.74, 6) is 1.73. The third-order valence-corrected chi connectivity index (χ3v) is 3.90. The van der Waals surface area contributed by atoms with E-state index >= 15 is 0 Å². The minimum atomic E-state index is 0.793. The average Bonchev–Trinajstić information content (AvgIpc) is 2.75. The molecule has 0 saturated carbocycles. The van der Waals surface area contributed by atoms with Gasteiger partial charge >= 0.3 is 0 Å². The van der Waals surface area contributed by atoms with Crippen molar-refractivity contribution in [1.29, 1.82) is 0 Å². The van der Waals surface area contributed by atoms with Crippen molar-refractivity contribution in [1.82, 2.24) is 10.2 Å². The minimum Gasteiger partial charge on any atom is -0.381 e. The number of likely N-dealkylation sites (tertiary alicyclic amines) is 1. The van der Waals surface area contributed by atoms with Crippen LogP contribution in [0, 0.1) is 11.8 Å². The van der Waals surface area contributed by atoms with Gasteiger partial charge in [0.25, 0.3) is 0 Å². The van der Waals surface area contributed by atoms with E-state index in [1.165, 1.54) is 52.0 Å². The Balaban J connectivity index is 1.63. The number of hydrogen-bond donors (Lipinski definition) is 1. The first kappa shape index (κ1) is 12.3. The monoisotopic (exact) mass is 226 g/mol. The van der Waals surface area contributed by atoms with E-state index in [1.54, 1.807) is 0 Å². The van der Waals surface area contributed by atoms with Crippen LogP contribution in [0.4, 0.5) is 0 Å². The molecule has 2 aliphatic rings. The second kappa shape index (κ2) is 6.58. The van der Waals surface area contributed by atoms with E-state index in [2.05, 4.69) is 17.1 Å².